The Morgan fingerprint density at radius 3 is 2.61 bits per heavy atom. The van der Waals surface area contributed by atoms with E-state index in [0.29, 0.717) is 4.91 Å². The normalized spacial score (nSPS) is 15.4. The van der Waals surface area contributed by atoms with Crippen LogP contribution in [0.25, 0.3) is 6.08 Å². The van der Waals surface area contributed by atoms with E-state index in [-0.39, 0.29) is 23.7 Å². The van der Waals surface area contributed by atoms with Gasteiger partial charge < -0.3 is 5.32 Å². The molecule has 1 saturated heterocycles. The third-order valence-electron chi connectivity index (χ3n) is 4.05. The largest absolute Gasteiger partial charge is 0.350 e. The highest BCUT2D eigenvalue weighted by atomic mass is 35.5. The topological polar surface area (TPSA) is 66.5 Å². The Hall–Kier alpha value is -2.64. The number of carbonyl (C=O) groups is 3. The second-order valence-corrected chi connectivity index (χ2v) is 7.52. The Kier molecular flexibility index (Phi) is 6.16. The molecule has 5 nitrogen and oxygen atoms in total. The molecule has 1 heterocycles. The van der Waals surface area contributed by atoms with Gasteiger partial charge >= 0.3 is 0 Å². The molecule has 2 aromatic rings. The number of halogens is 2. The SMILES string of the molecule is Cc1ccc(/C=C2\SC(=O)N(CCNC(=O)c3ccc(F)cc3Cl)C2=O)cc1. The monoisotopic (exact) mass is 418 g/mol. The molecular weight excluding hydrogens is 403 g/mol. The van der Waals surface area contributed by atoms with Crippen molar-refractivity contribution >= 4 is 46.5 Å². The van der Waals surface area contributed by atoms with Gasteiger partial charge in [0.2, 0.25) is 0 Å². The lowest BCUT2D eigenvalue weighted by molar-refractivity contribution is -0.122. The average molecular weight is 419 g/mol. The summed E-state index contributed by atoms with van der Waals surface area (Å²) in [6.45, 7) is 2.05. The van der Waals surface area contributed by atoms with Gasteiger partial charge in [-0.1, -0.05) is 41.4 Å². The molecule has 28 heavy (non-hydrogen) atoms. The van der Waals surface area contributed by atoms with Crippen LogP contribution in [0.4, 0.5) is 9.18 Å². The molecule has 0 bridgehead atoms. The van der Waals surface area contributed by atoms with Crippen LogP contribution in [0.15, 0.2) is 47.4 Å². The summed E-state index contributed by atoms with van der Waals surface area (Å²) in [6, 6.07) is 11.0. The number of imide groups is 1. The quantitative estimate of drug-likeness (QED) is 0.737. The number of hydrogen-bond donors (Lipinski definition) is 1. The van der Waals surface area contributed by atoms with Gasteiger partial charge in [0.05, 0.1) is 15.5 Å². The van der Waals surface area contributed by atoms with Crippen LogP contribution in [0.1, 0.15) is 21.5 Å². The molecular formula is C20H16ClFN2O3S. The number of aryl methyl sites for hydroxylation is 1. The van der Waals surface area contributed by atoms with Crippen molar-refractivity contribution in [3.63, 3.8) is 0 Å². The zero-order chi connectivity index (χ0) is 20.3. The van der Waals surface area contributed by atoms with E-state index in [1.807, 2.05) is 31.2 Å². The molecule has 0 aliphatic carbocycles. The zero-order valence-electron chi connectivity index (χ0n) is 14.9. The fraction of sp³-hybridized carbons (Fsp3) is 0.150. The van der Waals surface area contributed by atoms with Crippen LogP contribution in [0.3, 0.4) is 0 Å². The Balaban J connectivity index is 1.60. The maximum Gasteiger partial charge on any atom is 0.293 e. The third-order valence-corrected chi connectivity index (χ3v) is 5.27. The molecule has 0 aromatic heterocycles. The lowest BCUT2D eigenvalue weighted by atomic mass is 10.1. The molecule has 0 atom stereocenters. The van der Waals surface area contributed by atoms with Gasteiger partial charge in [0.1, 0.15) is 5.82 Å². The number of benzene rings is 2. The van der Waals surface area contributed by atoms with Crippen LogP contribution in [0.2, 0.25) is 5.02 Å². The first-order valence-electron chi connectivity index (χ1n) is 8.40. The number of carbonyl (C=O) groups excluding carboxylic acids is 3. The molecule has 8 heteroatoms. The molecule has 1 N–H and O–H groups in total. The Morgan fingerprint density at radius 1 is 1.21 bits per heavy atom. The van der Waals surface area contributed by atoms with E-state index in [1.54, 1.807) is 6.08 Å². The minimum absolute atomic E-state index is 0.00954. The standard InChI is InChI=1S/C20H16ClFN2O3S/c1-12-2-4-13(5-3-12)10-17-19(26)24(20(27)28-17)9-8-23-18(25)15-7-6-14(22)11-16(15)21/h2-7,10-11H,8-9H2,1H3,(H,23,25)/b17-10-. The van der Waals surface area contributed by atoms with Gasteiger partial charge in [-0.2, -0.15) is 0 Å². The number of amides is 3. The molecule has 1 aliphatic heterocycles. The first kappa shape index (κ1) is 20.1. The number of thioether (sulfide) groups is 1. The lowest BCUT2D eigenvalue weighted by Gasteiger charge is -2.13. The highest BCUT2D eigenvalue weighted by Gasteiger charge is 2.34. The summed E-state index contributed by atoms with van der Waals surface area (Å²) >= 11 is 6.72. The number of rotatable bonds is 5. The van der Waals surface area contributed by atoms with Crippen molar-refractivity contribution in [2.45, 2.75) is 6.92 Å². The van der Waals surface area contributed by atoms with Gasteiger partial charge in [0, 0.05) is 13.1 Å². The zero-order valence-corrected chi connectivity index (χ0v) is 16.4. The molecule has 0 radical (unpaired) electrons. The Bertz CT molecular complexity index is 976. The maximum absolute atomic E-state index is 13.1. The first-order valence-corrected chi connectivity index (χ1v) is 9.60. The lowest BCUT2D eigenvalue weighted by Crippen LogP contribution is -2.37. The molecule has 0 unspecified atom stereocenters. The predicted octanol–water partition coefficient (Wildman–Crippen LogP) is 4.25. The van der Waals surface area contributed by atoms with Crippen molar-refractivity contribution in [1.82, 2.24) is 10.2 Å². The summed E-state index contributed by atoms with van der Waals surface area (Å²) in [5.41, 5.74) is 2.05. The van der Waals surface area contributed by atoms with Gasteiger partial charge in [0.15, 0.2) is 0 Å². The van der Waals surface area contributed by atoms with E-state index in [1.165, 1.54) is 6.07 Å². The highest BCUT2D eigenvalue weighted by molar-refractivity contribution is 8.18. The molecule has 1 fully saturated rings. The minimum Gasteiger partial charge on any atom is -0.350 e. The fourth-order valence-electron chi connectivity index (χ4n) is 2.56. The summed E-state index contributed by atoms with van der Waals surface area (Å²) in [6.07, 6.45) is 1.67. The molecule has 0 saturated carbocycles. The smallest absolute Gasteiger partial charge is 0.293 e. The van der Waals surface area contributed by atoms with Gasteiger partial charge in [-0.3, -0.25) is 19.3 Å². The molecule has 0 spiro atoms. The summed E-state index contributed by atoms with van der Waals surface area (Å²) in [5.74, 6) is -1.45. The third kappa shape index (κ3) is 4.61. The molecule has 3 amide bonds. The van der Waals surface area contributed by atoms with E-state index in [4.69, 9.17) is 11.6 Å². The summed E-state index contributed by atoms with van der Waals surface area (Å²) in [5, 5.41) is 2.18. The van der Waals surface area contributed by atoms with Crippen LogP contribution in [-0.4, -0.2) is 35.0 Å². The van der Waals surface area contributed by atoms with Crippen molar-refractivity contribution in [3.8, 4) is 0 Å². The number of hydrogen-bond acceptors (Lipinski definition) is 4. The first-order chi connectivity index (χ1) is 13.3. The molecule has 3 rings (SSSR count). The van der Waals surface area contributed by atoms with Crippen molar-refractivity contribution in [2.24, 2.45) is 0 Å². The Labute approximate surface area is 170 Å². The number of nitrogens with zero attached hydrogens (tertiary/aromatic N) is 1. The van der Waals surface area contributed by atoms with Crippen LogP contribution in [0, 0.1) is 12.7 Å². The van der Waals surface area contributed by atoms with Crippen LogP contribution in [0.5, 0.6) is 0 Å². The summed E-state index contributed by atoms with van der Waals surface area (Å²) in [4.78, 5) is 38.1. The second kappa shape index (κ2) is 8.58. The second-order valence-electron chi connectivity index (χ2n) is 6.12. The van der Waals surface area contributed by atoms with Crippen LogP contribution >= 0.6 is 23.4 Å². The van der Waals surface area contributed by atoms with E-state index in [2.05, 4.69) is 5.32 Å². The van der Waals surface area contributed by atoms with Crippen molar-refractivity contribution in [2.75, 3.05) is 13.1 Å². The fourth-order valence-corrected chi connectivity index (χ4v) is 3.67. The van der Waals surface area contributed by atoms with Crippen molar-refractivity contribution < 1.29 is 18.8 Å². The molecule has 144 valence electrons. The van der Waals surface area contributed by atoms with Crippen molar-refractivity contribution in [1.29, 1.82) is 0 Å². The number of nitrogens with one attached hydrogen (secondary N) is 1. The average Bonchev–Trinajstić information content (AvgIpc) is 2.91. The van der Waals surface area contributed by atoms with E-state index >= 15 is 0 Å². The van der Waals surface area contributed by atoms with E-state index in [0.717, 1.165) is 39.9 Å². The van der Waals surface area contributed by atoms with Gasteiger partial charge in [-0.05, 0) is 48.5 Å². The van der Waals surface area contributed by atoms with Crippen LogP contribution in [-0.2, 0) is 4.79 Å². The Morgan fingerprint density at radius 2 is 1.93 bits per heavy atom. The van der Waals surface area contributed by atoms with Crippen LogP contribution < -0.4 is 5.32 Å². The molecule has 1 aliphatic rings. The van der Waals surface area contributed by atoms with Gasteiger partial charge in [0.25, 0.3) is 17.1 Å². The maximum atomic E-state index is 13.1. The summed E-state index contributed by atoms with van der Waals surface area (Å²) in [7, 11) is 0. The summed E-state index contributed by atoms with van der Waals surface area (Å²) < 4.78 is 13.1. The van der Waals surface area contributed by atoms with Gasteiger partial charge in [-0.15, -0.1) is 0 Å². The minimum atomic E-state index is -0.542. The highest BCUT2D eigenvalue weighted by Crippen LogP contribution is 2.31. The van der Waals surface area contributed by atoms with E-state index in [9.17, 15) is 18.8 Å². The van der Waals surface area contributed by atoms with Crippen molar-refractivity contribution in [3.05, 3.63) is 74.9 Å². The van der Waals surface area contributed by atoms with E-state index < -0.39 is 22.9 Å². The molecule has 2 aromatic carbocycles. The van der Waals surface area contributed by atoms with Gasteiger partial charge in [-0.25, -0.2) is 4.39 Å². The predicted molar refractivity (Wildman–Crippen MR) is 108 cm³/mol.